The Bertz CT molecular complexity index is 1860. The quantitative estimate of drug-likeness (QED) is 0.0638. The van der Waals surface area contributed by atoms with Crippen LogP contribution in [0.25, 0.3) is 11.1 Å². The van der Waals surface area contributed by atoms with Gasteiger partial charge in [0.05, 0.1) is 23.7 Å². The second-order valence-corrected chi connectivity index (χ2v) is 14.0. The van der Waals surface area contributed by atoms with E-state index in [1.807, 2.05) is 72.8 Å². The van der Waals surface area contributed by atoms with E-state index in [2.05, 4.69) is 27.2 Å². The molecule has 3 atom stereocenters. The molecule has 2 heterocycles. The van der Waals surface area contributed by atoms with Crippen molar-refractivity contribution >= 4 is 23.3 Å². The molecule has 12 nitrogen and oxygen atoms in total. The van der Waals surface area contributed by atoms with Crippen molar-refractivity contribution < 1.29 is 34.2 Å². The van der Waals surface area contributed by atoms with Crippen LogP contribution in [0.5, 0.6) is 0 Å². The largest absolute Gasteiger partial charge is 0.481 e. The van der Waals surface area contributed by atoms with Crippen molar-refractivity contribution in [3.63, 3.8) is 0 Å². The third kappa shape index (κ3) is 10.7. The summed E-state index contributed by atoms with van der Waals surface area (Å²) in [6.07, 6.45) is 2.19. The molecule has 2 saturated heterocycles. The smallest absolute Gasteiger partial charge is 0.303 e. The van der Waals surface area contributed by atoms with Crippen molar-refractivity contribution in [2.75, 3.05) is 37.6 Å². The van der Waals surface area contributed by atoms with Gasteiger partial charge in [0, 0.05) is 81.9 Å². The minimum atomic E-state index is -0.812. The van der Waals surface area contributed by atoms with Gasteiger partial charge in [0.25, 0.3) is 5.69 Å². The van der Waals surface area contributed by atoms with Gasteiger partial charge in [-0.15, -0.1) is 0 Å². The normalized spacial score (nSPS) is 19.0. The van der Waals surface area contributed by atoms with Crippen LogP contribution in [0.1, 0.15) is 73.2 Å². The van der Waals surface area contributed by atoms with Crippen LogP contribution in [0.2, 0.25) is 0 Å². The highest BCUT2D eigenvalue weighted by Gasteiger charge is 2.34. The fourth-order valence-corrected chi connectivity index (χ4v) is 7.05. The van der Waals surface area contributed by atoms with Crippen molar-refractivity contribution in [2.24, 2.45) is 0 Å². The minimum absolute atomic E-state index is 0.0252. The van der Waals surface area contributed by atoms with Crippen LogP contribution in [0.4, 0.5) is 11.4 Å². The van der Waals surface area contributed by atoms with Crippen molar-refractivity contribution in [1.82, 2.24) is 10.2 Å². The first-order chi connectivity index (χ1) is 26.2. The summed E-state index contributed by atoms with van der Waals surface area (Å²) in [6, 6.07) is 30.8. The molecule has 2 aliphatic heterocycles. The molecule has 4 aromatic rings. The third-order valence-corrected chi connectivity index (χ3v) is 10.1. The molecule has 0 radical (unpaired) electrons. The maximum atomic E-state index is 12.4. The van der Waals surface area contributed by atoms with E-state index < -0.39 is 12.3 Å². The van der Waals surface area contributed by atoms with E-state index in [1.165, 1.54) is 0 Å². The van der Waals surface area contributed by atoms with Gasteiger partial charge in [-0.3, -0.25) is 24.6 Å². The number of hydrogen-bond donors (Lipinski definition) is 3. The summed E-state index contributed by atoms with van der Waals surface area (Å²) in [7, 11) is 0. The summed E-state index contributed by atoms with van der Waals surface area (Å²) in [5.74, 6) is -0.863. The lowest BCUT2D eigenvalue weighted by atomic mass is 9.98. The van der Waals surface area contributed by atoms with Crippen LogP contribution in [-0.4, -0.2) is 70.7 Å². The monoisotopic (exact) mass is 736 g/mol. The molecular weight excluding hydrogens is 688 g/mol. The lowest BCUT2D eigenvalue weighted by Gasteiger charge is -2.41. The Labute approximate surface area is 315 Å². The number of aliphatic hydroxyl groups excluding tert-OH is 1. The highest BCUT2D eigenvalue weighted by atomic mass is 16.7. The predicted molar refractivity (Wildman–Crippen MR) is 205 cm³/mol. The molecule has 0 bridgehead atoms. The Hall–Kier alpha value is -5.14. The number of carbonyl (C=O) groups excluding carboxylic acids is 1. The summed E-state index contributed by atoms with van der Waals surface area (Å²) >= 11 is 0. The van der Waals surface area contributed by atoms with E-state index in [-0.39, 0.29) is 41.8 Å². The first-order valence-electron chi connectivity index (χ1n) is 18.6. The SMILES string of the molecule is O=C(O)CCCCCC(=O)NCc1cccc(-c2cccc([C@@H]3O[C@H](CN4CCN(c5ccc([N+](=O)[O-])cc5)CC4)C[C@H](c4ccc(CO)cc4)O3)c2)c1. The van der Waals surface area contributed by atoms with Gasteiger partial charge in [0.2, 0.25) is 5.91 Å². The molecule has 6 rings (SSSR count). The Morgan fingerprint density at radius 3 is 2.20 bits per heavy atom. The van der Waals surface area contributed by atoms with Crippen molar-refractivity contribution in [2.45, 2.75) is 70.2 Å². The Balaban J connectivity index is 1.11. The maximum Gasteiger partial charge on any atom is 0.303 e. The van der Waals surface area contributed by atoms with Gasteiger partial charge in [0.15, 0.2) is 6.29 Å². The number of piperazine rings is 1. The number of hydrogen-bond acceptors (Lipinski definition) is 9. The lowest BCUT2D eigenvalue weighted by Crippen LogP contribution is -2.49. The van der Waals surface area contributed by atoms with Gasteiger partial charge in [0.1, 0.15) is 0 Å². The Morgan fingerprint density at radius 2 is 1.50 bits per heavy atom. The number of carbonyl (C=O) groups is 2. The summed E-state index contributed by atoms with van der Waals surface area (Å²) < 4.78 is 13.4. The van der Waals surface area contributed by atoms with Crippen molar-refractivity contribution in [3.05, 3.63) is 129 Å². The van der Waals surface area contributed by atoms with Gasteiger partial charge < -0.3 is 29.9 Å². The highest BCUT2D eigenvalue weighted by molar-refractivity contribution is 5.76. The summed E-state index contributed by atoms with van der Waals surface area (Å²) in [6.45, 7) is 4.37. The molecule has 0 aliphatic carbocycles. The van der Waals surface area contributed by atoms with Crippen molar-refractivity contribution in [3.8, 4) is 11.1 Å². The average molecular weight is 737 g/mol. The van der Waals surface area contributed by atoms with Crippen LogP contribution in [0, 0.1) is 10.1 Å². The molecule has 2 aliphatic rings. The second kappa shape index (κ2) is 18.8. The van der Waals surface area contributed by atoms with E-state index >= 15 is 0 Å². The van der Waals surface area contributed by atoms with Crippen LogP contribution >= 0.6 is 0 Å². The molecule has 284 valence electrons. The number of nitrogens with one attached hydrogen (secondary N) is 1. The fourth-order valence-electron chi connectivity index (χ4n) is 7.05. The number of nitro benzene ring substituents is 1. The molecule has 12 heteroatoms. The zero-order valence-corrected chi connectivity index (χ0v) is 30.3. The molecular formula is C42H48N4O8. The second-order valence-electron chi connectivity index (χ2n) is 14.0. The lowest BCUT2D eigenvalue weighted by molar-refractivity contribution is -0.384. The number of amides is 1. The number of ether oxygens (including phenoxy) is 2. The van der Waals surface area contributed by atoms with E-state index in [0.717, 1.165) is 71.8 Å². The van der Waals surface area contributed by atoms with E-state index in [1.54, 1.807) is 12.1 Å². The number of aliphatic hydroxyl groups is 1. The molecule has 0 unspecified atom stereocenters. The first-order valence-corrected chi connectivity index (χ1v) is 18.6. The summed E-state index contributed by atoms with van der Waals surface area (Å²) in [5, 5.41) is 32.5. The molecule has 0 saturated carbocycles. The van der Waals surface area contributed by atoms with Crippen LogP contribution in [0.15, 0.2) is 97.1 Å². The number of anilines is 1. The first kappa shape index (κ1) is 38.6. The van der Waals surface area contributed by atoms with Crippen LogP contribution < -0.4 is 10.2 Å². The molecule has 3 N–H and O–H groups in total. The fraction of sp³-hybridized carbons (Fsp3) is 0.381. The number of carboxylic acid groups (broad SMARTS) is 1. The summed E-state index contributed by atoms with van der Waals surface area (Å²) in [4.78, 5) is 38.5. The van der Waals surface area contributed by atoms with Gasteiger partial charge in [-0.1, -0.05) is 67.1 Å². The molecule has 1 amide bonds. The van der Waals surface area contributed by atoms with Gasteiger partial charge in [-0.2, -0.15) is 0 Å². The van der Waals surface area contributed by atoms with Gasteiger partial charge >= 0.3 is 5.97 Å². The predicted octanol–water partition coefficient (Wildman–Crippen LogP) is 6.77. The van der Waals surface area contributed by atoms with Crippen molar-refractivity contribution in [1.29, 1.82) is 0 Å². The molecule has 4 aromatic carbocycles. The molecule has 0 aromatic heterocycles. The number of rotatable bonds is 16. The minimum Gasteiger partial charge on any atom is -0.481 e. The zero-order valence-electron chi connectivity index (χ0n) is 30.3. The highest BCUT2D eigenvalue weighted by Crippen LogP contribution is 2.39. The average Bonchev–Trinajstić information content (AvgIpc) is 3.20. The summed E-state index contributed by atoms with van der Waals surface area (Å²) in [5.41, 5.74) is 6.81. The molecule has 2 fully saturated rings. The van der Waals surface area contributed by atoms with E-state index in [0.29, 0.717) is 38.6 Å². The topological polar surface area (TPSA) is 155 Å². The number of aliphatic carboxylic acids is 1. The number of carboxylic acids is 1. The maximum absolute atomic E-state index is 12.4. The number of nitrogens with zero attached hydrogens (tertiary/aromatic N) is 3. The zero-order chi connectivity index (χ0) is 37.9. The van der Waals surface area contributed by atoms with Crippen LogP contribution in [0.3, 0.4) is 0 Å². The number of nitro groups is 1. The van der Waals surface area contributed by atoms with E-state index in [4.69, 9.17) is 14.6 Å². The van der Waals surface area contributed by atoms with E-state index in [9.17, 15) is 24.8 Å². The molecule has 54 heavy (non-hydrogen) atoms. The third-order valence-electron chi connectivity index (χ3n) is 10.1. The number of non-ortho nitro benzene ring substituents is 1. The number of benzene rings is 4. The van der Waals surface area contributed by atoms with Crippen LogP contribution in [-0.2, 0) is 32.2 Å². The standard InChI is InChI=1S/C42H48N4O8/c47-29-30-12-14-32(15-13-30)39-26-38(28-44-20-22-45(23-21-44)36-16-18-37(19-17-36)46(51)52)53-42(54-39)35-9-5-8-34(25-35)33-7-4-6-31(24-33)27-43-40(48)10-2-1-3-11-41(49)50/h4-9,12-19,24-25,38-39,42,47H,1-3,10-11,20-23,26-29H2,(H,43,48)(H,49,50)/t38-,39+,42+/m0/s1. The Morgan fingerprint density at radius 1 is 0.796 bits per heavy atom. The molecule has 0 spiro atoms. The van der Waals surface area contributed by atoms with Gasteiger partial charge in [-0.25, -0.2) is 0 Å². The van der Waals surface area contributed by atoms with Gasteiger partial charge in [-0.05, 0) is 64.9 Å². The number of unbranched alkanes of at least 4 members (excludes halogenated alkanes) is 2. The Kier molecular flexibility index (Phi) is 13.4.